The number of hydrogen-bond acceptors (Lipinski definition) is 5. The van der Waals surface area contributed by atoms with Crippen molar-refractivity contribution in [2.75, 3.05) is 20.2 Å². The molecule has 0 aliphatic carbocycles. The number of fused-ring (bicyclic) bond motifs is 2. The van der Waals surface area contributed by atoms with E-state index in [1.165, 1.54) is 25.5 Å². The summed E-state index contributed by atoms with van der Waals surface area (Å²) in [6.07, 6.45) is 4.52. The topological polar surface area (TPSA) is 82.8 Å². The normalized spacial score (nSPS) is 14.5. The van der Waals surface area contributed by atoms with Crippen LogP contribution in [0.1, 0.15) is 39.9 Å². The number of benzene rings is 3. The van der Waals surface area contributed by atoms with E-state index in [0.717, 1.165) is 41.8 Å². The molecule has 2 aromatic heterocycles. The Morgan fingerprint density at radius 2 is 1.84 bits per heavy atom. The number of aromatic hydroxyl groups is 1. The number of methoxy groups -OCH3 is 1. The number of rotatable bonds is 6. The lowest BCUT2D eigenvalue weighted by atomic mass is 9.98. The number of ether oxygens (including phenoxy) is 1. The number of nitrogens with zero attached hydrogens (tertiary/aromatic N) is 3. The Morgan fingerprint density at radius 3 is 2.66 bits per heavy atom. The molecule has 0 unspecified atom stereocenters. The Balaban J connectivity index is 1.53. The van der Waals surface area contributed by atoms with Crippen LogP contribution in [0.3, 0.4) is 0 Å². The molecular formula is C31H30N4O3. The van der Waals surface area contributed by atoms with Crippen molar-refractivity contribution in [3.8, 4) is 5.88 Å². The van der Waals surface area contributed by atoms with E-state index >= 15 is 0 Å². The zero-order valence-corrected chi connectivity index (χ0v) is 21.6. The highest BCUT2D eigenvalue weighted by Gasteiger charge is 2.21. The summed E-state index contributed by atoms with van der Waals surface area (Å²) in [6, 6.07) is 21.7. The van der Waals surface area contributed by atoms with Gasteiger partial charge in [-0.3, -0.25) is 4.90 Å². The quantitative estimate of drug-likeness (QED) is 0.221. The highest BCUT2D eigenvalue weighted by Crippen LogP contribution is 2.33. The molecule has 0 radical (unpaired) electrons. The van der Waals surface area contributed by atoms with E-state index in [1.54, 1.807) is 18.2 Å². The molecule has 0 bridgehead atoms. The molecule has 0 saturated carbocycles. The molecule has 7 nitrogen and oxygen atoms in total. The predicted molar refractivity (Wildman–Crippen MR) is 150 cm³/mol. The van der Waals surface area contributed by atoms with Crippen molar-refractivity contribution < 1.29 is 14.6 Å². The number of carbonyl (C=O) groups is 1. The minimum absolute atomic E-state index is 0.00199. The van der Waals surface area contributed by atoms with Gasteiger partial charge in [-0.1, -0.05) is 18.2 Å². The number of aromatic nitrogens is 2. The Hall–Kier alpha value is -4.36. The minimum Gasteiger partial charge on any atom is -0.494 e. The van der Waals surface area contributed by atoms with Gasteiger partial charge in [-0.05, 0) is 80.0 Å². The molecule has 1 aliphatic rings. The Morgan fingerprint density at radius 1 is 1.03 bits per heavy atom. The molecule has 192 valence electrons. The van der Waals surface area contributed by atoms with Gasteiger partial charge in [0.05, 0.1) is 29.6 Å². The summed E-state index contributed by atoms with van der Waals surface area (Å²) in [6.45, 7) is 3.15. The number of aryl methyl sites for hydroxylation is 1. The van der Waals surface area contributed by atoms with Crippen molar-refractivity contribution in [2.45, 2.75) is 19.4 Å². The van der Waals surface area contributed by atoms with Crippen molar-refractivity contribution in [2.24, 2.45) is 12.0 Å². The first-order chi connectivity index (χ1) is 18.5. The average molecular weight is 507 g/mol. The van der Waals surface area contributed by atoms with Gasteiger partial charge in [-0.2, -0.15) is 0 Å². The number of esters is 1. The van der Waals surface area contributed by atoms with E-state index < -0.39 is 5.97 Å². The zero-order valence-electron chi connectivity index (χ0n) is 21.6. The zero-order chi connectivity index (χ0) is 26.2. The second kappa shape index (κ2) is 9.84. The molecule has 3 aromatic carbocycles. The van der Waals surface area contributed by atoms with Gasteiger partial charge < -0.3 is 19.4 Å². The SMILES string of the molecule is COC(=O)c1ccc2[nH]c(O)c(C(=Nc3cccc(CN4CCCC4)c3)c3ccc4c(ccn4C)c3)c2c1. The van der Waals surface area contributed by atoms with Gasteiger partial charge in [0, 0.05) is 47.2 Å². The maximum Gasteiger partial charge on any atom is 0.337 e. The van der Waals surface area contributed by atoms with Gasteiger partial charge in [0.25, 0.3) is 0 Å². The molecule has 2 N–H and O–H groups in total. The number of nitrogens with one attached hydrogen (secondary N) is 1. The van der Waals surface area contributed by atoms with Crippen LogP contribution in [0, 0.1) is 0 Å². The highest BCUT2D eigenvalue weighted by atomic mass is 16.5. The standard InChI is InChI=1S/C31H30N4O3/c1-34-15-12-21-17-22(9-11-27(21)34)29(32-24-7-5-6-20(16-24)19-35-13-3-4-14-35)28-25-18-23(31(37)38-2)8-10-26(25)33-30(28)36/h5-12,15-18,33,36H,3-4,13-14,19H2,1-2H3. The van der Waals surface area contributed by atoms with E-state index in [0.29, 0.717) is 27.7 Å². The monoisotopic (exact) mass is 506 g/mol. The van der Waals surface area contributed by atoms with Crippen molar-refractivity contribution in [3.63, 3.8) is 0 Å². The van der Waals surface area contributed by atoms with Crippen LogP contribution < -0.4 is 0 Å². The first-order valence-corrected chi connectivity index (χ1v) is 12.9. The molecule has 0 spiro atoms. The second-order valence-electron chi connectivity index (χ2n) is 9.91. The van der Waals surface area contributed by atoms with Crippen LogP contribution in [0.2, 0.25) is 0 Å². The van der Waals surface area contributed by atoms with Gasteiger partial charge in [0.1, 0.15) is 0 Å². The number of aliphatic imine (C=N–C) groups is 1. The van der Waals surface area contributed by atoms with Gasteiger partial charge in [-0.15, -0.1) is 0 Å². The Labute approximate surface area is 221 Å². The van der Waals surface area contributed by atoms with E-state index in [1.807, 2.05) is 31.4 Å². The molecule has 0 atom stereocenters. The van der Waals surface area contributed by atoms with Crippen molar-refractivity contribution >= 4 is 39.2 Å². The summed E-state index contributed by atoms with van der Waals surface area (Å²) in [5, 5.41) is 12.9. The van der Waals surface area contributed by atoms with E-state index in [9.17, 15) is 9.90 Å². The van der Waals surface area contributed by atoms with Gasteiger partial charge in [0.2, 0.25) is 0 Å². The molecule has 1 saturated heterocycles. The predicted octanol–water partition coefficient (Wildman–Crippen LogP) is 5.92. The van der Waals surface area contributed by atoms with Crippen LogP contribution in [0.25, 0.3) is 21.8 Å². The molecular weight excluding hydrogens is 476 g/mol. The van der Waals surface area contributed by atoms with E-state index in [2.05, 4.69) is 44.8 Å². The minimum atomic E-state index is -0.433. The van der Waals surface area contributed by atoms with Gasteiger partial charge in [0.15, 0.2) is 5.88 Å². The average Bonchev–Trinajstić information content (AvgIpc) is 3.65. The van der Waals surface area contributed by atoms with E-state index in [-0.39, 0.29) is 5.88 Å². The third-order valence-corrected chi connectivity index (χ3v) is 7.35. The van der Waals surface area contributed by atoms with Crippen molar-refractivity contribution in [1.82, 2.24) is 14.5 Å². The summed E-state index contributed by atoms with van der Waals surface area (Å²) in [5.74, 6) is -0.431. The Kier molecular flexibility index (Phi) is 6.21. The summed E-state index contributed by atoms with van der Waals surface area (Å²) >= 11 is 0. The smallest absolute Gasteiger partial charge is 0.337 e. The fraction of sp³-hybridized carbons (Fsp3) is 0.226. The summed E-state index contributed by atoms with van der Waals surface area (Å²) in [4.78, 5) is 22.9. The molecule has 0 amide bonds. The fourth-order valence-corrected chi connectivity index (χ4v) is 5.41. The van der Waals surface area contributed by atoms with Crippen LogP contribution in [-0.2, 0) is 18.3 Å². The number of hydrogen-bond donors (Lipinski definition) is 2. The third kappa shape index (κ3) is 4.46. The molecule has 1 aliphatic heterocycles. The van der Waals surface area contributed by atoms with Crippen LogP contribution in [0.15, 0.2) is 77.9 Å². The lowest BCUT2D eigenvalue weighted by Gasteiger charge is -2.15. The highest BCUT2D eigenvalue weighted by molar-refractivity contribution is 6.23. The number of likely N-dealkylation sites (tertiary alicyclic amines) is 1. The molecule has 7 heteroatoms. The van der Waals surface area contributed by atoms with Crippen LogP contribution in [-0.4, -0.2) is 51.4 Å². The number of carbonyl (C=O) groups excluding carboxylic acids is 1. The largest absolute Gasteiger partial charge is 0.494 e. The molecule has 38 heavy (non-hydrogen) atoms. The second-order valence-corrected chi connectivity index (χ2v) is 9.91. The van der Waals surface area contributed by atoms with E-state index in [4.69, 9.17) is 9.73 Å². The molecule has 5 aromatic rings. The molecule has 3 heterocycles. The fourth-order valence-electron chi connectivity index (χ4n) is 5.41. The first-order valence-electron chi connectivity index (χ1n) is 12.9. The maximum atomic E-state index is 12.3. The number of aromatic amines is 1. The lowest BCUT2D eigenvalue weighted by Crippen LogP contribution is -2.18. The van der Waals surface area contributed by atoms with Crippen LogP contribution >= 0.6 is 0 Å². The first kappa shape index (κ1) is 24.0. The van der Waals surface area contributed by atoms with Crippen LogP contribution in [0.4, 0.5) is 5.69 Å². The lowest BCUT2D eigenvalue weighted by molar-refractivity contribution is 0.0601. The van der Waals surface area contributed by atoms with Gasteiger partial charge in [-0.25, -0.2) is 9.79 Å². The molecule has 6 rings (SSSR count). The number of H-pyrrole nitrogens is 1. The Bertz CT molecular complexity index is 1690. The van der Waals surface area contributed by atoms with Crippen molar-refractivity contribution in [3.05, 3.63) is 95.2 Å². The maximum absolute atomic E-state index is 12.3. The summed E-state index contributed by atoms with van der Waals surface area (Å²) < 4.78 is 7.02. The summed E-state index contributed by atoms with van der Waals surface area (Å²) in [7, 11) is 3.38. The van der Waals surface area contributed by atoms with Gasteiger partial charge >= 0.3 is 5.97 Å². The molecule has 1 fully saturated rings. The van der Waals surface area contributed by atoms with Crippen LogP contribution in [0.5, 0.6) is 5.88 Å². The summed E-state index contributed by atoms with van der Waals surface area (Å²) in [5.41, 5.74) is 6.29. The van der Waals surface area contributed by atoms with Crippen molar-refractivity contribution in [1.29, 1.82) is 0 Å². The third-order valence-electron chi connectivity index (χ3n) is 7.35.